The third-order valence-corrected chi connectivity index (χ3v) is 4.43. The molecule has 0 aromatic heterocycles. The number of carbonyl (C=O) groups is 1. The Morgan fingerprint density at radius 2 is 1.86 bits per heavy atom. The number of hydrogen-bond acceptors (Lipinski definition) is 4. The topological polar surface area (TPSA) is 63.7 Å². The van der Waals surface area contributed by atoms with Gasteiger partial charge >= 0.3 is 0 Å². The molecule has 1 aliphatic carbocycles. The lowest BCUT2D eigenvalue weighted by atomic mass is 9.94. The van der Waals surface area contributed by atoms with Crippen LogP contribution in [0.5, 0.6) is 0 Å². The molecule has 22 heavy (non-hydrogen) atoms. The lowest BCUT2D eigenvalue weighted by Crippen LogP contribution is -2.24. The van der Waals surface area contributed by atoms with Crippen molar-refractivity contribution in [2.45, 2.75) is 32.1 Å². The van der Waals surface area contributed by atoms with Gasteiger partial charge in [0.1, 0.15) is 5.82 Å². The fraction of sp³-hybridized carbons (Fsp3) is 0.400. The maximum Gasteiger partial charge on any atom is 0.293 e. The summed E-state index contributed by atoms with van der Waals surface area (Å²) >= 11 is 0. The van der Waals surface area contributed by atoms with Crippen LogP contribution in [0.25, 0.3) is 0 Å². The highest BCUT2D eigenvalue weighted by molar-refractivity contribution is 7.74. The van der Waals surface area contributed by atoms with Gasteiger partial charge in [0.15, 0.2) is 0 Å². The Morgan fingerprint density at radius 3 is 2.50 bits per heavy atom. The number of anilines is 1. The second-order valence-electron chi connectivity index (χ2n) is 5.00. The van der Waals surface area contributed by atoms with E-state index < -0.39 is 16.7 Å². The average molecular weight is 327 g/mol. The van der Waals surface area contributed by atoms with Crippen LogP contribution in [0.3, 0.4) is 0 Å². The minimum Gasteiger partial charge on any atom is -0.468 e. The molecule has 0 saturated carbocycles. The first-order chi connectivity index (χ1) is 10.6. The second-order valence-corrected chi connectivity index (χ2v) is 5.88. The van der Waals surface area contributed by atoms with Crippen LogP contribution in [0.1, 0.15) is 32.1 Å². The quantitative estimate of drug-likeness (QED) is 0.475. The minimum atomic E-state index is -2.88. The number of halogens is 1. The number of thiol groups is 1. The lowest BCUT2D eigenvalue weighted by Gasteiger charge is -2.28. The molecular weight excluding hydrogens is 309 g/mol. The van der Waals surface area contributed by atoms with Gasteiger partial charge in [0.05, 0.1) is 12.3 Å². The molecule has 0 unspecified atom stereocenters. The zero-order valence-electron chi connectivity index (χ0n) is 12.0. The third kappa shape index (κ3) is 4.07. The Hall–Kier alpha value is -1.89. The largest absolute Gasteiger partial charge is 0.468 e. The summed E-state index contributed by atoms with van der Waals surface area (Å²) in [6.07, 6.45) is 3.80. The Balaban J connectivity index is 2.35. The number of nitrogens with zero attached hydrogens (tertiary/aromatic N) is 1. The molecule has 1 aliphatic rings. The van der Waals surface area contributed by atoms with Crippen LogP contribution in [0.15, 0.2) is 35.5 Å². The summed E-state index contributed by atoms with van der Waals surface area (Å²) in [6, 6.07) is 5.36. The number of rotatable bonds is 7. The predicted octanol–water partition coefficient (Wildman–Crippen LogP) is 2.55. The van der Waals surface area contributed by atoms with E-state index in [1.165, 1.54) is 28.6 Å². The molecule has 1 aromatic carbocycles. The summed E-state index contributed by atoms with van der Waals surface area (Å²) < 4.78 is 42.4. The van der Waals surface area contributed by atoms with Crippen LogP contribution in [0, 0.1) is 5.82 Å². The lowest BCUT2D eigenvalue weighted by molar-refractivity contribution is -0.128. The Morgan fingerprint density at radius 1 is 1.18 bits per heavy atom. The highest BCUT2D eigenvalue weighted by atomic mass is 32.2. The molecule has 1 aromatic rings. The molecule has 0 aliphatic heterocycles. The molecular formula is C15H18FNO4S. The maximum atomic E-state index is 13.0. The monoisotopic (exact) mass is 327 g/mol. The van der Waals surface area contributed by atoms with Crippen LogP contribution in [-0.2, 0) is 20.4 Å². The van der Waals surface area contributed by atoms with E-state index in [-0.39, 0.29) is 6.61 Å². The Bertz CT molecular complexity index is 617. The highest BCUT2D eigenvalue weighted by Crippen LogP contribution is 2.32. The van der Waals surface area contributed by atoms with E-state index in [0.717, 1.165) is 24.8 Å². The van der Waals surface area contributed by atoms with Crippen LogP contribution in [0.2, 0.25) is 0 Å². The van der Waals surface area contributed by atoms with Crippen molar-refractivity contribution in [3.8, 4) is 0 Å². The van der Waals surface area contributed by atoms with Crippen LogP contribution < -0.4 is 4.31 Å². The molecule has 0 atom stereocenters. The van der Waals surface area contributed by atoms with Crippen molar-refractivity contribution in [1.82, 2.24) is 0 Å². The zero-order valence-corrected chi connectivity index (χ0v) is 12.9. The number of hydrogen-bond donors (Lipinski definition) is 1. The van der Waals surface area contributed by atoms with Crippen molar-refractivity contribution >= 4 is 23.0 Å². The number of allylic oxidation sites excluding steroid dienone is 1. The van der Waals surface area contributed by atoms with E-state index in [1.807, 2.05) is 0 Å². The highest BCUT2D eigenvalue weighted by Gasteiger charge is 2.21. The molecule has 0 bridgehead atoms. The van der Waals surface area contributed by atoms with Gasteiger partial charge in [-0.1, -0.05) is 0 Å². The fourth-order valence-corrected chi connectivity index (χ4v) is 3.40. The first-order valence-electron chi connectivity index (χ1n) is 7.09. The van der Waals surface area contributed by atoms with Crippen LogP contribution in [-0.4, -0.2) is 21.5 Å². The van der Waals surface area contributed by atoms with Gasteiger partial charge in [0.25, 0.3) is 6.47 Å². The average Bonchev–Trinajstić information content (AvgIpc) is 2.51. The standard InChI is InChI=1S/C15H18FNO4S/c16-13-5-7-14(8-6-13)17(22(19)20)15-4-2-1-3-12(15)9-10-21-11-18/h5-8,11,22H,1-4,9-10H2. The number of benzene rings is 1. The Labute approximate surface area is 130 Å². The predicted molar refractivity (Wildman–Crippen MR) is 81.3 cm³/mol. The van der Waals surface area contributed by atoms with Crippen molar-refractivity contribution in [3.63, 3.8) is 0 Å². The fourth-order valence-electron chi connectivity index (χ4n) is 2.64. The zero-order chi connectivity index (χ0) is 15.9. The van der Waals surface area contributed by atoms with Crippen molar-refractivity contribution < 1.29 is 22.3 Å². The normalized spacial score (nSPS) is 15.0. The van der Waals surface area contributed by atoms with Gasteiger partial charge in [0, 0.05) is 12.1 Å². The molecule has 0 heterocycles. The Kier molecular flexibility index (Phi) is 5.94. The maximum absolute atomic E-state index is 13.0. The number of ether oxygens (including phenoxy) is 1. The smallest absolute Gasteiger partial charge is 0.293 e. The van der Waals surface area contributed by atoms with Gasteiger partial charge < -0.3 is 4.74 Å². The molecule has 120 valence electrons. The SMILES string of the molecule is O=COCCC1=C(N(c2ccc(F)cc2)[SH](=O)=O)CCCC1. The van der Waals surface area contributed by atoms with Crippen molar-refractivity contribution in [2.24, 2.45) is 0 Å². The van der Waals surface area contributed by atoms with Crippen LogP contribution >= 0.6 is 0 Å². The van der Waals surface area contributed by atoms with E-state index in [1.54, 1.807) is 0 Å². The molecule has 7 heteroatoms. The first-order valence-corrected chi connectivity index (χ1v) is 8.22. The van der Waals surface area contributed by atoms with E-state index >= 15 is 0 Å². The summed E-state index contributed by atoms with van der Waals surface area (Å²) in [7, 11) is -2.88. The summed E-state index contributed by atoms with van der Waals surface area (Å²) in [5.41, 5.74) is 2.10. The summed E-state index contributed by atoms with van der Waals surface area (Å²) in [6.45, 7) is 0.615. The van der Waals surface area contributed by atoms with Gasteiger partial charge in [-0.2, -0.15) is 0 Å². The van der Waals surface area contributed by atoms with Gasteiger partial charge in [-0.05, 0) is 55.5 Å². The van der Waals surface area contributed by atoms with Gasteiger partial charge in [0.2, 0.25) is 10.9 Å². The molecule has 2 rings (SSSR count). The molecule has 0 N–H and O–H groups in total. The van der Waals surface area contributed by atoms with Gasteiger partial charge in [-0.15, -0.1) is 0 Å². The summed E-state index contributed by atoms with van der Waals surface area (Å²) in [5, 5.41) is 0. The molecule has 5 nitrogen and oxygen atoms in total. The minimum absolute atomic E-state index is 0.231. The molecule has 0 amide bonds. The van der Waals surface area contributed by atoms with E-state index in [0.29, 0.717) is 30.7 Å². The van der Waals surface area contributed by atoms with Gasteiger partial charge in [-0.3, -0.25) is 4.79 Å². The van der Waals surface area contributed by atoms with Crippen LogP contribution in [0.4, 0.5) is 10.1 Å². The van der Waals surface area contributed by atoms with Crippen molar-refractivity contribution in [2.75, 3.05) is 10.9 Å². The van der Waals surface area contributed by atoms with Gasteiger partial charge in [-0.25, -0.2) is 17.1 Å². The molecule has 0 fully saturated rings. The number of carbonyl (C=O) groups excluding carboxylic acids is 1. The third-order valence-electron chi connectivity index (χ3n) is 3.63. The molecule has 0 spiro atoms. The molecule has 0 saturated heterocycles. The first kappa shape index (κ1) is 16.5. The van der Waals surface area contributed by atoms with Crippen molar-refractivity contribution in [1.29, 1.82) is 0 Å². The second kappa shape index (κ2) is 7.93. The summed E-state index contributed by atoms with van der Waals surface area (Å²) in [4.78, 5) is 10.2. The summed E-state index contributed by atoms with van der Waals surface area (Å²) in [5.74, 6) is -0.415. The van der Waals surface area contributed by atoms with E-state index in [9.17, 15) is 17.6 Å². The molecule has 0 radical (unpaired) electrons. The van der Waals surface area contributed by atoms with Crippen molar-refractivity contribution in [3.05, 3.63) is 41.4 Å². The van der Waals surface area contributed by atoms with E-state index in [2.05, 4.69) is 0 Å². The van der Waals surface area contributed by atoms with E-state index in [4.69, 9.17) is 4.74 Å².